The van der Waals surface area contributed by atoms with Gasteiger partial charge < -0.3 is 5.11 Å². The van der Waals surface area contributed by atoms with Gasteiger partial charge in [0.25, 0.3) is 0 Å². The summed E-state index contributed by atoms with van der Waals surface area (Å²) in [6.45, 7) is 3.65. The highest BCUT2D eigenvalue weighted by atomic mass is 35.5. The molecule has 1 aromatic carbocycles. The molecule has 0 radical (unpaired) electrons. The van der Waals surface area contributed by atoms with Crippen LogP contribution in [0.5, 0.6) is 0 Å². The molecule has 0 amide bonds. The topological polar surface area (TPSA) is 40.5 Å². The molecule has 128 valence electrons. The molecule has 0 aliphatic carbocycles. The number of hydrogen-bond acceptors (Lipinski definition) is 3. The Morgan fingerprint density at radius 2 is 2.08 bits per heavy atom. The summed E-state index contributed by atoms with van der Waals surface area (Å²) in [5.41, 5.74) is 2.51. The van der Waals surface area contributed by atoms with Crippen molar-refractivity contribution in [3.63, 3.8) is 0 Å². The summed E-state index contributed by atoms with van der Waals surface area (Å²) >= 11 is 7.74. The molecule has 5 heteroatoms. The Bertz CT molecular complexity index is 698. The lowest BCUT2D eigenvalue weighted by atomic mass is 9.94. The Kier molecular flexibility index (Phi) is 5.59. The molecule has 2 heterocycles. The van der Waals surface area contributed by atoms with E-state index < -0.39 is 5.97 Å². The second-order valence-electron chi connectivity index (χ2n) is 6.31. The van der Waals surface area contributed by atoms with Crippen LogP contribution in [0.15, 0.2) is 36.4 Å². The summed E-state index contributed by atoms with van der Waals surface area (Å²) in [6.07, 6.45) is 2.69. The third-order valence-corrected chi connectivity index (χ3v) is 6.02. The average Bonchev–Trinajstić information content (AvgIpc) is 3.02. The minimum absolute atomic E-state index is 0.0792. The van der Waals surface area contributed by atoms with Gasteiger partial charge in [0.15, 0.2) is 0 Å². The molecule has 2 unspecified atom stereocenters. The number of aliphatic carboxylic acids is 1. The highest BCUT2D eigenvalue weighted by molar-refractivity contribution is 7.16. The molecule has 1 aliphatic heterocycles. The Morgan fingerprint density at radius 3 is 2.67 bits per heavy atom. The van der Waals surface area contributed by atoms with E-state index in [1.54, 1.807) is 11.3 Å². The number of piperidine rings is 1. The summed E-state index contributed by atoms with van der Waals surface area (Å²) < 4.78 is 0.770. The number of rotatable bonds is 5. The van der Waals surface area contributed by atoms with Crippen molar-refractivity contribution < 1.29 is 9.90 Å². The molecule has 1 aliphatic rings. The first kappa shape index (κ1) is 17.5. The number of carboxylic acid groups (broad SMARTS) is 1. The molecule has 2 atom stereocenters. The first-order valence-corrected chi connectivity index (χ1v) is 9.59. The van der Waals surface area contributed by atoms with Crippen molar-refractivity contribution in [1.82, 2.24) is 4.90 Å². The molecule has 3 rings (SSSR count). The van der Waals surface area contributed by atoms with Crippen molar-refractivity contribution in [2.24, 2.45) is 5.92 Å². The summed E-state index contributed by atoms with van der Waals surface area (Å²) in [6, 6.07) is 12.7. The van der Waals surface area contributed by atoms with Gasteiger partial charge in [-0.15, -0.1) is 11.3 Å². The quantitative estimate of drug-likeness (QED) is 0.825. The van der Waals surface area contributed by atoms with Gasteiger partial charge in [-0.25, -0.2) is 0 Å². The fraction of sp³-hybridized carbons (Fsp3) is 0.421. The minimum Gasteiger partial charge on any atom is -0.481 e. The number of halogens is 1. The minimum atomic E-state index is -0.691. The number of likely N-dealkylation sites (tertiary alicyclic amines) is 1. The second kappa shape index (κ2) is 7.68. The zero-order valence-corrected chi connectivity index (χ0v) is 15.3. The second-order valence-corrected chi connectivity index (χ2v) is 8.06. The summed E-state index contributed by atoms with van der Waals surface area (Å²) in [4.78, 5) is 14.9. The van der Waals surface area contributed by atoms with Crippen LogP contribution in [0.2, 0.25) is 4.34 Å². The number of carbonyl (C=O) groups is 1. The van der Waals surface area contributed by atoms with E-state index in [-0.39, 0.29) is 12.0 Å². The fourth-order valence-corrected chi connectivity index (χ4v) is 4.63. The normalized spacial score (nSPS) is 20.0. The Balaban J connectivity index is 1.93. The van der Waals surface area contributed by atoms with Gasteiger partial charge in [-0.2, -0.15) is 0 Å². The van der Waals surface area contributed by atoms with Crippen LogP contribution in [0.4, 0.5) is 0 Å². The largest absolute Gasteiger partial charge is 0.481 e. The summed E-state index contributed by atoms with van der Waals surface area (Å²) in [5, 5.41) is 9.41. The molecule has 0 spiro atoms. The van der Waals surface area contributed by atoms with Crippen molar-refractivity contribution in [3.8, 4) is 0 Å². The van der Waals surface area contributed by atoms with Gasteiger partial charge in [-0.05, 0) is 49.1 Å². The highest BCUT2D eigenvalue weighted by Crippen LogP contribution is 2.37. The SMILES string of the molecule is CCc1ccc(C(c2ccc(Cl)s2)N2CCCC(C(=O)O)C2)cc1. The third-order valence-electron chi connectivity index (χ3n) is 4.73. The number of nitrogens with zero attached hydrogens (tertiary/aromatic N) is 1. The highest BCUT2D eigenvalue weighted by Gasteiger charge is 2.31. The molecule has 0 saturated carbocycles. The molecule has 1 aromatic heterocycles. The van der Waals surface area contributed by atoms with E-state index in [0.29, 0.717) is 6.54 Å². The van der Waals surface area contributed by atoms with Crippen LogP contribution in [0.1, 0.15) is 41.8 Å². The van der Waals surface area contributed by atoms with Gasteiger partial charge in [0, 0.05) is 11.4 Å². The van der Waals surface area contributed by atoms with Gasteiger partial charge in [0.05, 0.1) is 16.3 Å². The Labute approximate surface area is 151 Å². The van der Waals surface area contributed by atoms with Crippen molar-refractivity contribution in [2.75, 3.05) is 13.1 Å². The summed E-state index contributed by atoms with van der Waals surface area (Å²) in [7, 11) is 0. The van der Waals surface area contributed by atoms with Gasteiger partial charge >= 0.3 is 5.97 Å². The number of carboxylic acids is 1. The van der Waals surface area contributed by atoms with E-state index in [2.05, 4.69) is 42.2 Å². The molecule has 1 fully saturated rings. The number of hydrogen-bond donors (Lipinski definition) is 1. The van der Waals surface area contributed by atoms with Crippen LogP contribution in [0, 0.1) is 5.92 Å². The zero-order chi connectivity index (χ0) is 17.1. The fourth-order valence-electron chi connectivity index (χ4n) is 3.41. The van der Waals surface area contributed by atoms with Crippen LogP contribution < -0.4 is 0 Å². The van der Waals surface area contributed by atoms with E-state index in [1.165, 1.54) is 16.0 Å². The molecule has 2 aromatic rings. The smallest absolute Gasteiger partial charge is 0.307 e. The number of thiophene rings is 1. The van der Waals surface area contributed by atoms with Crippen molar-refractivity contribution in [2.45, 2.75) is 32.2 Å². The standard InChI is InChI=1S/C19H22ClNO2S/c1-2-13-5-7-14(8-6-13)18(16-9-10-17(20)24-16)21-11-3-4-15(12-21)19(22)23/h5-10,15,18H,2-4,11-12H2,1H3,(H,22,23). The van der Waals surface area contributed by atoms with E-state index >= 15 is 0 Å². The van der Waals surface area contributed by atoms with Crippen LogP contribution in [-0.2, 0) is 11.2 Å². The number of benzene rings is 1. The van der Waals surface area contributed by atoms with Crippen molar-refractivity contribution in [1.29, 1.82) is 0 Å². The molecule has 24 heavy (non-hydrogen) atoms. The zero-order valence-electron chi connectivity index (χ0n) is 13.7. The molecule has 1 saturated heterocycles. The van der Waals surface area contributed by atoms with Gasteiger partial charge in [0.1, 0.15) is 0 Å². The van der Waals surface area contributed by atoms with Crippen molar-refractivity contribution >= 4 is 28.9 Å². The lowest BCUT2D eigenvalue weighted by molar-refractivity contribution is -0.143. The average molecular weight is 364 g/mol. The summed E-state index contributed by atoms with van der Waals surface area (Å²) in [5.74, 6) is -0.976. The molecule has 0 bridgehead atoms. The monoisotopic (exact) mass is 363 g/mol. The maximum atomic E-state index is 11.4. The Morgan fingerprint density at radius 1 is 1.33 bits per heavy atom. The predicted octanol–water partition coefficient (Wildman–Crippen LogP) is 4.85. The lowest BCUT2D eigenvalue weighted by Crippen LogP contribution is -2.41. The maximum absolute atomic E-state index is 11.4. The molecular formula is C19H22ClNO2S. The third kappa shape index (κ3) is 3.82. The molecular weight excluding hydrogens is 342 g/mol. The van der Waals surface area contributed by atoms with Crippen molar-refractivity contribution in [3.05, 3.63) is 56.7 Å². The van der Waals surface area contributed by atoms with E-state index in [0.717, 1.165) is 30.1 Å². The van der Waals surface area contributed by atoms with Gasteiger partial charge in [0.2, 0.25) is 0 Å². The molecule has 1 N–H and O–H groups in total. The van der Waals surface area contributed by atoms with Crippen LogP contribution >= 0.6 is 22.9 Å². The van der Waals surface area contributed by atoms with E-state index in [1.807, 2.05) is 6.07 Å². The molecule has 3 nitrogen and oxygen atoms in total. The maximum Gasteiger partial charge on any atom is 0.307 e. The van der Waals surface area contributed by atoms with E-state index in [9.17, 15) is 9.90 Å². The van der Waals surface area contributed by atoms with Gasteiger partial charge in [-0.3, -0.25) is 9.69 Å². The van der Waals surface area contributed by atoms with Crippen LogP contribution in [-0.4, -0.2) is 29.1 Å². The lowest BCUT2D eigenvalue weighted by Gasteiger charge is -2.37. The Hall–Kier alpha value is -1.36. The van der Waals surface area contributed by atoms with E-state index in [4.69, 9.17) is 11.6 Å². The van der Waals surface area contributed by atoms with Gasteiger partial charge in [-0.1, -0.05) is 42.8 Å². The van der Waals surface area contributed by atoms with Crippen LogP contribution in [0.25, 0.3) is 0 Å². The first-order valence-electron chi connectivity index (χ1n) is 8.39. The first-order chi connectivity index (χ1) is 11.6. The number of aryl methyl sites for hydroxylation is 1. The predicted molar refractivity (Wildman–Crippen MR) is 98.9 cm³/mol. The van der Waals surface area contributed by atoms with Crippen LogP contribution in [0.3, 0.4) is 0 Å².